The number of thiophene rings is 1. The van der Waals surface area contributed by atoms with Crippen LogP contribution in [0.25, 0.3) is 105 Å². The molecular weight excluding hydrogens is 829 g/mol. The molecule has 0 spiro atoms. The van der Waals surface area contributed by atoms with E-state index in [9.17, 15) is 0 Å². The smallest absolute Gasteiger partial charge is 0.0541 e. The van der Waals surface area contributed by atoms with E-state index in [0.29, 0.717) is 0 Å². The monoisotopic (exact) mass is 872 g/mol. The van der Waals surface area contributed by atoms with Gasteiger partial charge in [0.25, 0.3) is 0 Å². The average Bonchev–Trinajstić information content (AvgIpc) is 3.94. The van der Waals surface area contributed by atoms with Crippen LogP contribution in [0.4, 0.5) is 17.1 Å². The first-order valence-corrected chi connectivity index (χ1v) is 23.5. The van der Waals surface area contributed by atoms with E-state index in [4.69, 9.17) is 0 Å². The van der Waals surface area contributed by atoms with Gasteiger partial charge < -0.3 is 9.47 Å². The molecule has 67 heavy (non-hydrogen) atoms. The third-order valence-electron chi connectivity index (χ3n) is 13.2. The van der Waals surface area contributed by atoms with Gasteiger partial charge in [-0.2, -0.15) is 0 Å². The van der Waals surface area contributed by atoms with Gasteiger partial charge in [0, 0.05) is 48.5 Å². The highest BCUT2D eigenvalue weighted by Gasteiger charge is 2.17. The lowest BCUT2D eigenvalue weighted by atomic mass is 9.96. The topological polar surface area (TPSA) is 8.17 Å². The minimum atomic E-state index is 1.08. The van der Waals surface area contributed by atoms with Gasteiger partial charge in [0.2, 0.25) is 0 Å². The summed E-state index contributed by atoms with van der Waals surface area (Å²) in [5.74, 6) is 0. The third-order valence-corrected chi connectivity index (χ3v) is 14.4. The highest BCUT2D eigenvalue weighted by Crippen LogP contribution is 2.41. The summed E-state index contributed by atoms with van der Waals surface area (Å²) in [6.45, 7) is 8.15. The number of rotatable bonds is 10. The van der Waals surface area contributed by atoms with Gasteiger partial charge in [0.05, 0.1) is 11.0 Å². The third kappa shape index (κ3) is 7.14. The number of fused-ring (bicyclic) bond motifs is 5. The van der Waals surface area contributed by atoms with Crippen molar-refractivity contribution in [3.8, 4) is 50.2 Å². The van der Waals surface area contributed by atoms with E-state index in [1.165, 1.54) is 76.0 Å². The number of nitrogens with zero attached hydrogens (tertiary/aromatic N) is 2. The molecule has 0 aliphatic carbocycles. The Morgan fingerprint density at radius 3 is 1.45 bits per heavy atom. The van der Waals surface area contributed by atoms with Gasteiger partial charge in [-0.1, -0.05) is 183 Å². The first-order valence-electron chi connectivity index (χ1n) is 22.7. The predicted octanol–water partition coefficient (Wildman–Crippen LogP) is 18.6. The number of aromatic nitrogens is 1. The van der Waals surface area contributed by atoms with Crippen molar-refractivity contribution in [3.05, 3.63) is 254 Å². The number of benzene rings is 10. The van der Waals surface area contributed by atoms with Gasteiger partial charge in [-0.05, 0) is 134 Å². The van der Waals surface area contributed by atoms with E-state index < -0.39 is 0 Å². The molecule has 0 N–H and O–H groups in total. The molecule has 0 atom stereocenters. The summed E-state index contributed by atoms with van der Waals surface area (Å²) >= 11 is 1.76. The number of anilines is 3. The van der Waals surface area contributed by atoms with Crippen LogP contribution in [0.15, 0.2) is 244 Å². The van der Waals surface area contributed by atoms with E-state index in [1.54, 1.807) is 11.3 Å². The molecule has 0 fully saturated rings. The Morgan fingerprint density at radius 1 is 0.373 bits per heavy atom. The van der Waals surface area contributed by atoms with Crippen molar-refractivity contribution in [2.24, 2.45) is 0 Å². The van der Waals surface area contributed by atoms with Gasteiger partial charge in [0.15, 0.2) is 0 Å². The molecule has 0 radical (unpaired) electrons. The second kappa shape index (κ2) is 16.8. The predicted molar refractivity (Wildman–Crippen MR) is 290 cm³/mol. The van der Waals surface area contributed by atoms with Gasteiger partial charge in [-0.3, -0.25) is 0 Å². The molecule has 12 aromatic rings. The van der Waals surface area contributed by atoms with E-state index >= 15 is 0 Å². The number of hydrogen-bond donors (Lipinski definition) is 0. The Balaban J connectivity index is 0.895. The van der Waals surface area contributed by atoms with Gasteiger partial charge in [-0.25, -0.2) is 0 Å². The zero-order valence-electron chi connectivity index (χ0n) is 36.8. The molecule has 0 saturated heterocycles. The van der Waals surface area contributed by atoms with E-state index in [1.807, 2.05) is 12.2 Å². The maximum Gasteiger partial charge on any atom is 0.0541 e. The van der Waals surface area contributed by atoms with Crippen molar-refractivity contribution in [3.63, 3.8) is 0 Å². The second-order valence-electron chi connectivity index (χ2n) is 17.0. The molecule has 316 valence electrons. The molecule has 2 heterocycles. The van der Waals surface area contributed by atoms with E-state index in [2.05, 4.69) is 253 Å². The molecule has 0 saturated carbocycles. The molecule has 2 nitrogen and oxygen atoms in total. The van der Waals surface area contributed by atoms with Gasteiger partial charge in [-0.15, -0.1) is 11.3 Å². The van der Waals surface area contributed by atoms with E-state index in [-0.39, 0.29) is 0 Å². The van der Waals surface area contributed by atoms with Crippen molar-refractivity contribution in [2.45, 2.75) is 0 Å². The Hall–Kier alpha value is -8.50. The summed E-state index contributed by atoms with van der Waals surface area (Å²) in [5.41, 5.74) is 17.4. The molecule has 12 rings (SSSR count). The van der Waals surface area contributed by atoms with Crippen LogP contribution in [0.5, 0.6) is 0 Å². The highest BCUT2D eigenvalue weighted by molar-refractivity contribution is 7.20. The molecule has 2 aromatic heterocycles. The SMILES string of the molecule is C=Cc1sc2ccc(-c3ccc(N(c4ccc(-c5ccc(-c6cccc7ccccc67)cc5)cc4)c4ccc(-c5cccc(-n6c7ccccc7c7ccccc76)c5)cc4)cc3)cc2c1C=C. The fourth-order valence-electron chi connectivity index (χ4n) is 9.88. The first kappa shape index (κ1) is 40.0. The zero-order chi connectivity index (χ0) is 44.8. The lowest BCUT2D eigenvalue weighted by Crippen LogP contribution is -2.09. The normalized spacial score (nSPS) is 11.4. The summed E-state index contributed by atoms with van der Waals surface area (Å²) in [4.78, 5) is 3.50. The highest BCUT2D eigenvalue weighted by atomic mass is 32.1. The van der Waals surface area contributed by atoms with Crippen LogP contribution in [0.1, 0.15) is 10.4 Å². The van der Waals surface area contributed by atoms with Crippen molar-refractivity contribution in [1.82, 2.24) is 4.57 Å². The summed E-state index contributed by atoms with van der Waals surface area (Å²) in [5, 5.41) is 6.25. The van der Waals surface area contributed by atoms with Crippen LogP contribution in [0.2, 0.25) is 0 Å². The lowest BCUT2D eigenvalue weighted by Gasteiger charge is -2.26. The van der Waals surface area contributed by atoms with Crippen LogP contribution in [-0.2, 0) is 0 Å². The van der Waals surface area contributed by atoms with Gasteiger partial charge in [0.1, 0.15) is 0 Å². The van der Waals surface area contributed by atoms with Crippen LogP contribution in [0, 0.1) is 0 Å². The fourth-order valence-corrected chi connectivity index (χ4v) is 10.9. The maximum atomic E-state index is 4.11. The standard InChI is InChI=1S/C64H44N2S/c1-3-55-60-42-50(33-40-64(60)67-63(55)4-2)46-31-38-53(39-32-46)65(51-34-27-44(28-35-51)43-23-25-48(26-24-43)57-20-12-14-47-13-5-6-17-56(47)57)52-36-29-45(30-37-52)49-15-11-16-54(41-49)66-61-21-9-7-18-58(61)59-19-8-10-22-62(59)66/h3-42H,1-2H2. The fraction of sp³-hybridized carbons (Fsp3) is 0. The largest absolute Gasteiger partial charge is 0.311 e. The molecule has 3 heteroatoms. The maximum absolute atomic E-state index is 4.11. The van der Waals surface area contributed by atoms with Crippen LogP contribution >= 0.6 is 11.3 Å². The summed E-state index contributed by atoms with van der Waals surface area (Å²) in [7, 11) is 0. The van der Waals surface area contributed by atoms with E-state index in [0.717, 1.165) is 44.3 Å². The molecule has 0 aliphatic rings. The Morgan fingerprint density at radius 2 is 0.851 bits per heavy atom. The minimum Gasteiger partial charge on any atom is -0.311 e. The lowest BCUT2D eigenvalue weighted by molar-refractivity contribution is 1.18. The molecule has 0 aliphatic heterocycles. The molecule has 0 amide bonds. The molecule has 10 aromatic carbocycles. The number of para-hydroxylation sites is 2. The molecular formula is C64H44N2S. The zero-order valence-corrected chi connectivity index (χ0v) is 37.6. The number of hydrogen-bond acceptors (Lipinski definition) is 2. The van der Waals surface area contributed by atoms with Crippen molar-refractivity contribution >= 4 is 83.2 Å². The van der Waals surface area contributed by atoms with Crippen LogP contribution in [0.3, 0.4) is 0 Å². The van der Waals surface area contributed by atoms with Crippen molar-refractivity contribution in [1.29, 1.82) is 0 Å². The molecule has 0 unspecified atom stereocenters. The van der Waals surface area contributed by atoms with Crippen LogP contribution in [-0.4, -0.2) is 4.57 Å². The Labute approximate surface area is 394 Å². The average molecular weight is 873 g/mol. The van der Waals surface area contributed by atoms with Crippen LogP contribution < -0.4 is 4.90 Å². The van der Waals surface area contributed by atoms with Crippen molar-refractivity contribution in [2.75, 3.05) is 4.90 Å². The minimum absolute atomic E-state index is 1.08. The van der Waals surface area contributed by atoms with Crippen molar-refractivity contribution < 1.29 is 0 Å². The quantitative estimate of drug-likeness (QED) is 0.133. The summed E-state index contributed by atoms with van der Waals surface area (Å²) in [6.07, 6.45) is 3.87. The second-order valence-corrected chi connectivity index (χ2v) is 18.1. The van der Waals surface area contributed by atoms with Gasteiger partial charge >= 0.3 is 0 Å². The summed E-state index contributed by atoms with van der Waals surface area (Å²) in [6, 6.07) is 83.9. The molecule has 0 bridgehead atoms. The summed E-state index contributed by atoms with van der Waals surface area (Å²) < 4.78 is 3.62. The Kier molecular flexibility index (Phi) is 10.0. The Bertz CT molecular complexity index is 3760. The first-order chi connectivity index (χ1) is 33.1.